The van der Waals surface area contributed by atoms with Gasteiger partial charge in [0.05, 0.1) is 0 Å². The fourth-order valence-corrected chi connectivity index (χ4v) is 5.00. The Bertz CT molecular complexity index is 835. The lowest BCUT2D eigenvalue weighted by Gasteiger charge is -2.10. The highest BCUT2D eigenvalue weighted by molar-refractivity contribution is 8.76. The minimum absolute atomic E-state index is 1.15. The molecule has 0 saturated carbocycles. The third-order valence-corrected chi connectivity index (χ3v) is 6.25. The second-order valence-electron chi connectivity index (χ2n) is 5.33. The van der Waals surface area contributed by atoms with Crippen LogP contribution in [0.1, 0.15) is 0 Å². The van der Waals surface area contributed by atoms with Gasteiger partial charge in [0.25, 0.3) is 0 Å². The van der Waals surface area contributed by atoms with Crippen molar-refractivity contribution in [3.8, 4) is 22.5 Å². The summed E-state index contributed by atoms with van der Waals surface area (Å²) in [6, 6.07) is 25.3. The van der Waals surface area contributed by atoms with Crippen molar-refractivity contribution in [3.63, 3.8) is 0 Å². The van der Waals surface area contributed by atoms with E-state index < -0.39 is 0 Å². The van der Waals surface area contributed by atoms with Gasteiger partial charge in [-0.3, -0.25) is 0 Å². The Hall–Kier alpha value is -2.30. The molecule has 0 radical (unpaired) electrons. The Balaban J connectivity index is 1.61. The van der Waals surface area contributed by atoms with Gasteiger partial charge in [0.1, 0.15) is 0 Å². The van der Waals surface area contributed by atoms with Gasteiger partial charge in [-0.15, -0.1) is 0 Å². The van der Waals surface area contributed by atoms with Crippen molar-refractivity contribution in [1.82, 2.24) is 9.97 Å². The molecule has 4 aromatic rings. The van der Waals surface area contributed by atoms with Gasteiger partial charge in [0, 0.05) is 44.7 Å². The van der Waals surface area contributed by atoms with E-state index in [4.69, 9.17) is 0 Å². The first kappa shape index (κ1) is 15.2. The van der Waals surface area contributed by atoms with E-state index in [0.29, 0.717) is 0 Å². The maximum Gasteiger partial charge on any atom is 0.0465 e. The van der Waals surface area contributed by atoms with Crippen molar-refractivity contribution in [2.45, 2.75) is 9.79 Å². The number of rotatable bonds is 5. The third-order valence-electron chi connectivity index (χ3n) is 3.77. The average molecular weight is 348 g/mol. The van der Waals surface area contributed by atoms with E-state index in [0.717, 1.165) is 11.4 Å². The highest BCUT2D eigenvalue weighted by atomic mass is 33.1. The average Bonchev–Trinajstić information content (AvgIpc) is 3.34. The Morgan fingerprint density at radius 1 is 0.500 bits per heavy atom. The molecule has 0 amide bonds. The number of benzene rings is 2. The molecule has 0 aliphatic rings. The van der Waals surface area contributed by atoms with Crippen LogP contribution in [-0.4, -0.2) is 9.97 Å². The number of nitrogens with one attached hydrogen (secondary N) is 2. The second-order valence-corrected chi connectivity index (χ2v) is 7.54. The number of aromatic amines is 2. The fraction of sp³-hybridized carbons (Fsp3) is 0. The fourth-order valence-electron chi connectivity index (χ4n) is 2.61. The van der Waals surface area contributed by atoms with Crippen molar-refractivity contribution in [2.24, 2.45) is 0 Å². The molecule has 4 heteroatoms. The predicted molar refractivity (Wildman–Crippen MR) is 104 cm³/mol. The first-order valence-electron chi connectivity index (χ1n) is 7.72. The maximum atomic E-state index is 3.30. The van der Waals surface area contributed by atoms with Crippen LogP contribution >= 0.6 is 21.6 Å². The molecule has 2 nitrogen and oxygen atoms in total. The van der Waals surface area contributed by atoms with Crippen LogP contribution in [0.2, 0.25) is 0 Å². The molecule has 2 aromatic carbocycles. The van der Waals surface area contributed by atoms with Crippen LogP contribution in [0.4, 0.5) is 0 Å². The molecule has 0 saturated heterocycles. The molecule has 0 aliphatic heterocycles. The van der Waals surface area contributed by atoms with Crippen LogP contribution < -0.4 is 0 Å². The Labute approximate surface area is 149 Å². The summed E-state index contributed by atoms with van der Waals surface area (Å²) >= 11 is 0. The lowest BCUT2D eigenvalue weighted by Crippen LogP contribution is -1.82. The van der Waals surface area contributed by atoms with Crippen LogP contribution in [0.25, 0.3) is 22.5 Å². The Kier molecular flexibility index (Phi) is 4.49. The van der Waals surface area contributed by atoms with Gasteiger partial charge in [0.15, 0.2) is 0 Å². The summed E-state index contributed by atoms with van der Waals surface area (Å²) in [5.41, 5.74) is 4.77. The van der Waals surface area contributed by atoms with E-state index in [9.17, 15) is 0 Å². The highest BCUT2D eigenvalue weighted by Gasteiger charge is 2.10. The molecule has 118 valence electrons. The number of hydrogen-bond donors (Lipinski definition) is 2. The quantitative estimate of drug-likeness (QED) is 0.405. The topological polar surface area (TPSA) is 31.6 Å². The largest absolute Gasteiger partial charge is 0.361 e. The van der Waals surface area contributed by atoms with Crippen LogP contribution in [0.3, 0.4) is 0 Å². The van der Waals surface area contributed by atoms with Gasteiger partial charge in [0.2, 0.25) is 0 Å². The van der Waals surface area contributed by atoms with E-state index >= 15 is 0 Å². The van der Waals surface area contributed by atoms with Crippen molar-refractivity contribution in [2.75, 3.05) is 0 Å². The summed E-state index contributed by atoms with van der Waals surface area (Å²) < 4.78 is 0. The number of H-pyrrole nitrogens is 2. The van der Waals surface area contributed by atoms with Crippen molar-refractivity contribution < 1.29 is 0 Å². The van der Waals surface area contributed by atoms with Gasteiger partial charge in [-0.1, -0.05) is 58.0 Å². The van der Waals surface area contributed by atoms with E-state index in [1.165, 1.54) is 20.9 Å². The maximum absolute atomic E-state index is 3.30. The zero-order valence-electron chi connectivity index (χ0n) is 12.9. The van der Waals surface area contributed by atoms with Crippen LogP contribution in [0.5, 0.6) is 0 Å². The first-order chi connectivity index (χ1) is 11.9. The summed E-state index contributed by atoms with van der Waals surface area (Å²) in [4.78, 5) is 9.11. The SMILES string of the molecule is c1c[nH]c(-c2ccccc2SSc2ccccc2-c2ccc[nH]2)c1. The second kappa shape index (κ2) is 7.07. The first-order valence-corrected chi connectivity index (χ1v) is 9.87. The number of aromatic nitrogens is 2. The molecule has 0 unspecified atom stereocenters. The summed E-state index contributed by atoms with van der Waals surface area (Å²) in [5, 5.41) is 0. The minimum Gasteiger partial charge on any atom is -0.361 e. The number of hydrogen-bond acceptors (Lipinski definition) is 2. The van der Waals surface area contributed by atoms with Crippen LogP contribution in [0.15, 0.2) is 95.0 Å². The van der Waals surface area contributed by atoms with E-state index in [1.807, 2.05) is 24.5 Å². The molecule has 4 rings (SSSR count). The van der Waals surface area contributed by atoms with Crippen molar-refractivity contribution in [3.05, 3.63) is 85.2 Å². The summed E-state index contributed by atoms with van der Waals surface area (Å²) in [5.74, 6) is 0. The minimum atomic E-state index is 1.15. The van der Waals surface area contributed by atoms with E-state index in [2.05, 4.69) is 70.6 Å². The highest BCUT2D eigenvalue weighted by Crippen LogP contribution is 2.44. The summed E-state index contributed by atoms with van der Waals surface area (Å²) in [6.45, 7) is 0. The van der Waals surface area contributed by atoms with Gasteiger partial charge < -0.3 is 9.97 Å². The molecule has 2 heterocycles. The van der Waals surface area contributed by atoms with Crippen molar-refractivity contribution >= 4 is 21.6 Å². The zero-order valence-corrected chi connectivity index (χ0v) is 14.5. The van der Waals surface area contributed by atoms with Crippen LogP contribution in [0, 0.1) is 0 Å². The molecule has 0 aliphatic carbocycles. The predicted octanol–water partition coefficient (Wildman–Crippen LogP) is 6.48. The van der Waals surface area contributed by atoms with Crippen molar-refractivity contribution in [1.29, 1.82) is 0 Å². The molecule has 2 aromatic heterocycles. The standard InChI is InChI=1S/C20H16N2S2/c1-3-11-19(15(7-1)17-9-5-13-21-17)23-24-20-12-4-2-8-16(20)18-10-6-14-22-18/h1-14,21-22H. The normalized spacial score (nSPS) is 10.8. The molecular formula is C20H16N2S2. The molecule has 24 heavy (non-hydrogen) atoms. The smallest absolute Gasteiger partial charge is 0.0465 e. The van der Waals surface area contributed by atoms with Gasteiger partial charge in [-0.25, -0.2) is 0 Å². The summed E-state index contributed by atoms with van der Waals surface area (Å²) in [6.07, 6.45) is 3.93. The summed E-state index contributed by atoms with van der Waals surface area (Å²) in [7, 11) is 3.59. The zero-order chi connectivity index (χ0) is 16.2. The third kappa shape index (κ3) is 3.16. The Morgan fingerprint density at radius 2 is 0.958 bits per heavy atom. The Morgan fingerprint density at radius 3 is 1.38 bits per heavy atom. The van der Waals surface area contributed by atoms with Gasteiger partial charge in [-0.2, -0.15) is 0 Å². The molecule has 0 fully saturated rings. The van der Waals surface area contributed by atoms with Gasteiger partial charge in [-0.05, 0) is 36.4 Å². The van der Waals surface area contributed by atoms with Gasteiger partial charge >= 0.3 is 0 Å². The monoisotopic (exact) mass is 348 g/mol. The molecule has 0 atom stereocenters. The molecule has 2 N–H and O–H groups in total. The van der Waals surface area contributed by atoms with E-state index in [-0.39, 0.29) is 0 Å². The molecule has 0 spiro atoms. The lowest BCUT2D eigenvalue weighted by atomic mass is 10.1. The molecule has 0 bridgehead atoms. The van der Waals surface area contributed by atoms with Crippen LogP contribution in [-0.2, 0) is 0 Å². The van der Waals surface area contributed by atoms with E-state index in [1.54, 1.807) is 21.6 Å². The molecular weight excluding hydrogens is 332 g/mol. The lowest BCUT2D eigenvalue weighted by molar-refractivity contribution is 1.35.